The predicted octanol–water partition coefficient (Wildman–Crippen LogP) is 3.32. The maximum absolute atomic E-state index is 5.42. The summed E-state index contributed by atoms with van der Waals surface area (Å²) in [7, 11) is 0. The molecule has 0 spiro atoms. The van der Waals surface area contributed by atoms with Crippen LogP contribution in [0.5, 0.6) is 0 Å². The highest BCUT2D eigenvalue weighted by molar-refractivity contribution is 9.10. The largest absolute Gasteiger partial charge is 0.453 e. The molecule has 3 heteroatoms. The Labute approximate surface area is 93.2 Å². The van der Waals surface area contributed by atoms with Crippen LogP contribution in [0.1, 0.15) is 31.9 Å². The van der Waals surface area contributed by atoms with Gasteiger partial charge in [0.1, 0.15) is 5.76 Å². The predicted molar refractivity (Wildman–Crippen MR) is 60.1 cm³/mol. The zero-order valence-electron chi connectivity index (χ0n) is 8.42. The molecule has 1 heterocycles. The molecule has 1 N–H and O–H groups in total. The van der Waals surface area contributed by atoms with Gasteiger partial charge in [0.15, 0.2) is 4.67 Å². The fraction of sp³-hybridized carbons (Fsp3) is 0.636. The topological polar surface area (TPSA) is 25.2 Å². The second-order valence-electron chi connectivity index (χ2n) is 4.07. The molecule has 1 aliphatic rings. The van der Waals surface area contributed by atoms with Gasteiger partial charge in [0.05, 0.1) is 6.54 Å². The van der Waals surface area contributed by atoms with E-state index in [1.54, 1.807) is 0 Å². The molecule has 2 rings (SSSR count). The molecule has 0 bridgehead atoms. The standard InChI is InChI=1S/C11H16BrNO/c1-8(9-3-2-4-9)13-7-10-5-6-11(12)14-10/h5-6,8-9,13H,2-4,7H2,1H3. The highest BCUT2D eigenvalue weighted by Gasteiger charge is 2.23. The van der Waals surface area contributed by atoms with E-state index in [4.69, 9.17) is 4.42 Å². The van der Waals surface area contributed by atoms with Crippen LogP contribution in [0.3, 0.4) is 0 Å². The summed E-state index contributed by atoms with van der Waals surface area (Å²) < 4.78 is 6.23. The van der Waals surface area contributed by atoms with Crippen LogP contribution in [0.2, 0.25) is 0 Å². The maximum Gasteiger partial charge on any atom is 0.169 e. The first kappa shape index (κ1) is 10.2. The second-order valence-corrected chi connectivity index (χ2v) is 4.85. The minimum absolute atomic E-state index is 0.618. The molecule has 1 aromatic heterocycles. The van der Waals surface area contributed by atoms with Crippen molar-refractivity contribution in [2.45, 2.75) is 38.8 Å². The third-order valence-electron chi connectivity index (χ3n) is 3.08. The van der Waals surface area contributed by atoms with Gasteiger partial charge >= 0.3 is 0 Å². The van der Waals surface area contributed by atoms with E-state index in [2.05, 4.69) is 28.2 Å². The number of rotatable bonds is 4. The maximum atomic E-state index is 5.42. The van der Waals surface area contributed by atoms with E-state index in [1.165, 1.54) is 19.3 Å². The lowest BCUT2D eigenvalue weighted by Crippen LogP contribution is -2.36. The third kappa shape index (κ3) is 2.39. The van der Waals surface area contributed by atoms with Crippen molar-refractivity contribution in [1.82, 2.24) is 5.32 Å². The van der Waals surface area contributed by atoms with Gasteiger partial charge in [0.2, 0.25) is 0 Å². The average molecular weight is 258 g/mol. The van der Waals surface area contributed by atoms with Gasteiger partial charge in [-0.1, -0.05) is 6.42 Å². The fourth-order valence-electron chi connectivity index (χ4n) is 1.81. The highest BCUT2D eigenvalue weighted by atomic mass is 79.9. The molecule has 0 amide bonds. The number of furan rings is 1. The number of hydrogen-bond donors (Lipinski definition) is 1. The molecule has 0 aliphatic heterocycles. The van der Waals surface area contributed by atoms with Crippen molar-refractivity contribution in [3.63, 3.8) is 0 Å². The lowest BCUT2D eigenvalue weighted by atomic mass is 9.80. The zero-order chi connectivity index (χ0) is 9.97. The molecule has 0 aromatic carbocycles. The second kappa shape index (κ2) is 4.49. The fourth-order valence-corrected chi connectivity index (χ4v) is 2.15. The molecule has 1 atom stereocenters. The molecule has 1 aromatic rings. The Kier molecular flexibility index (Phi) is 3.29. The first-order valence-corrected chi connectivity index (χ1v) is 6.02. The smallest absolute Gasteiger partial charge is 0.169 e. The van der Waals surface area contributed by atoms with Gasteiger partial charge in [-0.2, -0.15) is 0 Å². The van der Waals surface area contributed by atoms with Crippen LogP contribution >= 0.6 is 15.9 Å². The van der Waals surface area contributed by atoms with Crippen molar-refractivity contribution in [3.05, 3.63) is 22.6 Å². The summed E-state index contributed by atoms with van der Waals surface area (Å²) in [5, 5.41) is 3.50. The Morgan fingerprint density at radius 3 is 2.86 bits per heavy atom. The monoisotopic (exact) mass is 257 g/mol. The van der Waals surface area contributed by atoms with Gasteiger partial charge < -0.3 is 9.73 Å². The zero-order valence-corrected chi connectivity index (χ0v) is 10.0. The quantitative estimate of drug-likeness (QED) is 0.896. The molecular formula is C11H16BrNO. The van der Waals surface area contributed by atoms with E-state index in [0.717, 1.165) is 22.9 Å². The van der Waals surface area contributed by atoms with E-state index in [-0.39, 0.29) is 0 Å². The van der Waals surface area contributed by atoms with E-state index in [1.807, 2.05) is 12.1 Å². The van der Waals surface area contributed by atoms with Crippen molar-refractivity contribution in [3.8, 4) is 0 Å². The van der Waals surface area contributed by atoms with E-state index < -0.39 is 0 Å². The summed E-state index contributed by atoms with van der Waals surface area (Å²) in [6.45, 7) is 3.10. The highest BCUT2D eigenvalue weighted by Crippen LogP contribution is 2.29. The first-order valence-electron chi connectivity index (χ1n) is 5.23. The van der Waals surface area contributed by atoms with Crippen LogP contribution in [0.15, 0.2) is 21.2 Å². The molecule has 14 heavy (non-hydrogen) atoms. The van der Waals surface area contributed by atoms with Crippen LogP contribution in [0.4, 0.5) is 0 Å². The Morgan fingerprint density at radius 1 is 1.57 bits per heavy atom. The summed E-state index contributed by atoms with van der Waals surface area (Å²) in [4.78, 5) is 0. The molecule has 0 saturated heterocycles. The van der Waals surface area contributed by atoms with Crippen LogP contribution in [0, 0.1) is 5.92 Å². The molecule has 1 saturated carbocycles. The van der Waals surface area contributed by atoms with Gasteiger partial charge in [0, 0.05) is 6.04 Å². The van der Waals surface area contributed by atoms with Gasteiger partial charge in [-0.05, 0) is 53.7 Å². The Bertz CT molecular complexity index is 293. The van der Waals surface area contributed by atoms with E-state index >= 15 is 0 Å². The Balaban J connectivity index is 1.76. The van der Waals surface area contributed by atoms with Crippen LogP contribution < -0.4 is 5.32 Å². The number of nitrogens with one attached hydrogen (secondary N) is 1. The van der Waals surface area contributed by atoms with E-state index in [0.29, 0.717) is 6.04 Å². The molecule has 0 radical (unpaired) electrons. The Hall–Kier alpha value is -0.280. The third-order valence-corrected chi connectivity index (χ3v) is 3.51. The van der Waals surface area contributed by atoms with Crippen molar-refractivity contribution < 1.29 is 4.42 Å². The lowest BCUT2D eigenvalue weighted by molar-refractivity contribution is 0.236. The summed E-state index contributed by atoms with van der Waals surface area (Å²) >= 11 is 3.30. The molecule has 1 aliphatic carbocycles. The Morgan fingerprint density at radius 2 is 2.36 bits per heavy atom. The summed E-state index contributed by atoms with van der Waals surface area (Å²) in [6, 6.07) is 4.56. The van der Waals surface area contributed by atoms with Crippen molar-refractivity contribution >= 4 is 15.9 Å². The minimum atomic E-state index is 0.618. The van der Waals surface area contributed by atoms with Crippen LogP contribution in [-0.4, -0.2) is 6.04 Å². The lowest BCUT2D eigenvalue weighted by Gasteiger charge is -2.31. The van der Waals surface area contributed by atoms with Gasteiger partial charge in [0.25, 0.3) is 0 Å². The minimum Gasteiger partial charge on any atom is -0.453 e. The summed E-state index contributed by atoms with van der Waals surface area (Å²) in [6.07, 6.45) is 4.18. The summed E-state index contributed by atoms with van der Waals surface area (Å²) in [5.41, 5.74) is 0. The van der Waals surface area contributed by atoms with Gasteiger partial charge in [-0.15, -0.1) is 0 Å². The van der Waals surface area contributed by atoms with Gasteiger partial charge in [-0.25, -0.2) is 0 Å². The molecule has 1 fully saturated rings. The SMILES string of the molecule is CC(NCc1ccc(Br)o1)C1CCC1. The van der Waals surface area contributed by atoms with Crippen molar-refractivity contribution in [2.75, 3.05) is 0 Å². The molecular weight excluding hydrogens is 242 g/mol. The van der Waals surface area contributed by atoms with Crippen LogP contribution in [0.25, 0.3) is 0 Å². The molecule has 78 valence electrons. The number of hydrogen-bond acceptors (Lipinski definition) is 2. The van der Waals surface area contributed by atoms with Gasteiger partial charge in [-0.3, -0.25) is 0 Å². The van der Waals surface area contributed by atoms with Crippen LogP contribution in [-0.2, 0) is 6.54 Å². The summed E-state index contributed by atoms with van der Waals surface area (Å²) in [5.74, 6) is 1.89. The average Bonchev–Trinajstić information content (AvgIpc) is 2.45. The van der Waals surface area contributed by atoms with Crippen molar-refractivity contribution in [1.29, 1.82) is 0 Å². The first-order chi connectivity index (χ1) is 6.75. The van der Waals surface area contributed by atoms with Crippen molar-refractivity contribution in [2.24, 2.45) is 5.92 Å². The van der Waals surface area contributed by atoms with E-state index in [9.17, 15) is 0 Å². The normalized spacial score (nSPS) is 19.3. The molecule has 1 unspecified atom stereocenters. The number of halogens is 1. The molecule has 2 nitrogen and oxygen atoms in total.